The zero-order valence-electron chi connectivity index (χ0n) is 12.9. The standard InChI is InChI=1S/C16H25N3/c1-11-8-7-9-12-13(11)19(14(17)18-12)16(5,6)10-15(2,3)4/h7-9H,10H2,1-6H3,(H2,17,18). The lowest BCUT2D eigenvalue weighted by atomic mass is 9.81. The molecule has 0 atom stereocenters. The van der Waals surface area contributed by atoms with Crippen LogP contribution in [0.1, 0.15) is 46.6 Å². The second kappa shape index (κ2) is 4.26. The molecule has 0 bridgehead atoms. The highest BCUT2D eigenvalue weighted by Crippen LogP contribution is 2.37. The summed E-state index contributed by atoms with van der Waals surface area (Å²) in [7, 11) is 0. The van der Waals surface area contributed by atoms with Crippen molar-refractivity contribution in [1.29, 1.82) is 0 Å². The predicted molar refractivity (Wildman–Crippen MR) is 82.3 cm³/mol. The van der Waals surface area contributed by atoms with Crippen LogP contribution in [-0.2, 0) is 5.54 Å². The molecule has 2 N–H and O–H groups in total. The van der Waals surface area contributed by atoms with Crippen molar-refractivity contribution in [2.75, 3.05) is 5.73 Å². The molecule has 3 nitrogen and oxygen atoms in total. The van der Waals surface area contributed by atoms with E-state index in [4.69, 9.17) is 5.73 Å². The monoisotopic (exact) mass is 259 g/mol. The molecule has 2 aromatic rings. The van der Waals surface area contributed by atoms with Crippen molar-refractivity contribution in [3.63, 3.8) is 0 Å². The van der Waals surface area contributed by atoms with E-state index in [1.54, 1.807) is 0 Å². The quantitative estimate of drug-likeness (QED) is 0.882. The Morgan fingerprint density at radius 3 is 2.37 bits per heavy atom. The predicted octanol–water partition coefficient (Wildman–Crippen LogP) is 4.10. The summed E-state index contributed by atoms with van der Waals surface area (Å²) in [5.74, 6) is 0.610. The van der Waals surface area contributed by atoms with Crippen LogP contribution in [-0.4, -0.2) is 9.55 Å². The fourth-order valence-corrected chi connectivity index (χ4v) is 3.30. The Kier molecular flexibility index (Phi) is 3.12. The topological polar surface area (TPSA) is 43.8 Å². The maximum absolute atomic E-state index is 6.18. The molecule has 0 aliphatic carbocycles. The van der Waals surface area contributed by atoms with Crippen LogP contribution in [0.25, 0.3) is 11.0 Å². The molecule has 2 rings (SSSR count). The Labute approximate surface area is 115 Å². The van der Waals surface area contributed by atoms with Crippen LogP contribution in [0.4, 0.5) is 5.95 Å². The Bertz CT molecular complexity index is 600. The highest BCUT2D eigenvalue weighted by molar-refractivity contribution is 5.82. The molecule has 104 valence electrons. The first kappa shape index (κ1) is 13.9. The van der Waals surface area contributed by atoms with E-state index in [2.05, 4.69) is 57.2 Å². The number of imidazole rings is 1. The lowest BCUT2D eigenvalue weighted by Gasteiger charge is -2.35. The lowest BCUT2D eigenvalue weighted by Crippen LogP contribution is -2.32. The minimum absolute atomic E-state index is 0.0524. The molecule has 0 aliphatic heterocycles. The Morgan fingerprint density at radius 2 is 1.79 bits per heavy atom. The van der Waals surface area contributed by atoms with Crippen molar-refractivity contribution >= 4 is 17.0 Å². The van der Waals surface area contributed by atoms with Crippen molar-refractivity contribution in [2.45, 2.75) is 53.5 Å². The zero-order valence-corrected chi connectivity index (χ0v) is 12.9. The van der Waals surface area contributed by atoms with E-state index in [1.165, 1.54) is 5.56 Å². The molecule has 1 aromatic carbocycles. The van der Waals surface area contributed by atoms with Crippen molar-refractivity contribution in [3.05, 3.63) is 23.8 Å². The smallest absolute Gasteiger partial charge is 0.201 e. The lowest BCUT2D eigenvalue weighted by molar-refractivity contribution is 0.221. The van der Waals surface area contributed by atoms with Gasteiger partial charge in [0.2, 0.25) is 5.95 Å². The second-order valence-electron chi connectivity index (χ2n) is 7.30. The maximum Gasteiger partial charge on any atom is 0.201 e. The minimum Gasteiger partial charge on any atom is -0.369 e. The van der Waals surface area contributed by atoms with Gasteiger partial charge in [0.1, 0.15) is 0 Å². The molecule has 0 amide bonds. The zero-order chi connectivity index (χ0) is 14.4. The molecule has 1 heterocycles. The van der Waals surface area contributed by atoms with Gasteiger partial charge in [-0.15, -0.1) is 0 Å². The summed E-state index contributed by atoms with van der Waals surface area (Å²) in [6.07, 6.45) is 1.05. The first-order chi connectivity index (χ1) is 8.62. The van der Waals surface area contributed by atoms with Gasteiger partial charge in [0, 0.05) is 5.54 Å². The number of para-hydroxylation sites is 1. The molecule has 19 heavy (non-hydrogen) atoms. The van der Waals surface area contributed by atoms with Gasteiger partial charge in [0.25, 0.3) is 0 Å². The maximum atomic E-state index is 6.18. The molecule has 1 aromatic heterocycles. The molecule has 0 spiro atoms. The summed E-state index contributed by atoms with van der Waals surface area (Å²) in [4.78, 5) is 4.51. The summed E-state index contributed by atoms with van der Waals surface area (Å²) in [6, 6.07) is 6.18. The Morgan fingerprint density at radius 1 is 1.16 bits per heavy atom. The molecule has 0 aliphatic rings. The van der Waals surface area contributed by atoms with Gasteiger partial charge in [-0.3, -0.25) is 0 Å². The van der Waals surface area contributed by atoms with E-state index >= 15 is 0 Å². The third-order valence-electron chi connectivity index (χ3n) is 3.47. The van der Waals surface area contributed by atoms with Crippen LogP contribution in [0.15, 0.2) is 18.2 Å². The number of nitrogen functional groups attached to an aromatic ring is 1. The van der Waals surface area contributed by atoms with Gasteiger partial charge >= 0.3 is 0 Å². The number of hydrogen-bond acceptors (Lipinski definition) is 2. The van der Waals surface area contributed by atoms with Gasteiger partial charge in [-0.05, 0) is 44.2 Å². The molecule has 0 radical (unpaired) electrons. The first-order valence-electron chi connectivity index (χ1n) is 6.86. The molecular formula is C16H25N3. The summed E-state index contributed by atoms with van der Waals surface area (Å²) in [5.41, 5.74) is 9.74. The van der Waals surface area contributed by atoms with E-state index < -0.39 is 0 Å². The minimum atomic E-state index is -0.0524. The fourth-order valence-electron chi connectivity index (χ4n) is 3.30. The van der Waals surface area contributed by atoms with Gasteiger partial charge in [-0.1, -0.05) is 32.9 Å². The van der Waals surface area contributed by atoms with Gasteiger partial charge in [-0.2, -0.15) is 0 Å². The molecule has 0 unspecified atom stereocenters. The normalized spacial score (nSPS) is 13.2. The van der Waals surface area contributed by atoms with Gasteiger partial charge < -0.3 is 10.3 Å². The SMILES string of the molecule is Cc1cccc2nc(N)n(C(C)(C)CC(C)(C)C)c12. The summed E-state index contributed by atoms with van der Waals surface area (Å²) in [6.45, 7) is 13.4. The van der Waals surface area contributed by atoms with E-state index in [0.29, 0.717) is 5.95 Å². The summed E-state index contributed by atoms with van der Waals surface area (Å²) >= 11 is 0. The molecule has 0 fully saturated rings. The highest BCUT2D eigenvalue weighted by atomic mass is 15.2. The molecule has 3 heteroatoms. The van der Waals surface area contributed by atoms with Gasteiger partial charge in [0.05, 0.1) is 11.0 Å². The van der Waals surface area contributed by atoms with Crippen LogP contribution < -0.4 is 5.73 Å². The number of nitrogens with zero attached hydrogens (tertiary/aromatic N) is 2. The third kappa shape index (κ3) is 2.60. The third-order valence-corrected chi connectivity index (χ3v) is 3.47. The van der Waals surface area contributed by atoms with Crippen LogP contribution in [0.5, 0.6) is 0 Å². The van der Waals surface area contributed by atoms with Gasteiger partial charge in [-0.25, -0.2) is 4.98 Å². The van der Waals surface area contributed by atoms with E-state index in [0.717, 1.165) is 17.5 Å². The summed E-state index contributed by atoms with van der Waals surface area (Å²) in [5, 5.41) is 0. The number of aromatic nitrogens is 2. The highest BCUT2D eigenvalue weighted by Gasteiger charge is 2.30. The average Bonchev–Trinajstić information content (AvgIpc) is 2.52. The molecule has 0 saturated carbocycles. The number of anilines is 1. The average molecular weight is 259 g/mol. The van der Waals surface area contributed by atoms with Crippen molar-refractivity contribution < 1.29 is 0 Å². The number of fused-ring (bicyclic) bond motifs is 1. The second-order valence-corrected chi connectivity index (χ2v) is 7.30. The number of nitrogens with two attached hydrogens (primary N) is 1. The number of hydrogen-bond donors (Lipinski definition) is 1. The van der Waals surface area contributed by atoms with E-state index in [1.807, 2.05) is 12.1 Å². The molecule has 0 saturated heterocycles. The Balaban J connectivity index is 2.65. The van der Waals surface area contributed by atoms with Crippen molar-refractivity contribution in [3.8, 4) is 0 Å². The number of aryl methyl sites for hydroxylation is 1. The largest absolute Gasteiger partial charge is 0.369 e. The van der Waals surface area contributed by atoms with Crippen molar-refractivity contribution in [2.24, 2.45) is 5.41 Å². The van der Waals surface area contributed by atoms with E-state index in [-0.39, 0.29) is 11.0 Å². The van der Waals surface area contributed by atoms with Crippen LogP contribution in [0, 0.1) is 12.3 Å². The van der Waals surface area contributed by atoms with Gasteiger partial charge in [0.15, 0.2) is 0 Å². The van der Waals surface area contributed by atoms with Crippen LogP contribution in [0.3, 0.4) is 0 Å². The Hall–Kier alpha value is -1.51. The fraction of sp³-hybridized carbons (Fsp3) is 0.562. The van der Waals surface area contributed by atoms with Crippen molar-refractivity contribution in [1.82, 2.24) is 9.55 Å². The molecular weight excluding hydrogens is 234 g/mol. The van der Waals surface area contributed by atoms with Crippen LogP contribution in [0.2, 0.25) is 0 Å². The number of rotatable bonds is 2. The number of benzene rings is 1. The summed E-state index contributed by atoms with van der Waals surface area (Å²) < 4.78 is 2.20. The first-order valence-corrected chi connectivity index (χ1v) is 6.86. The van der Waals surface area contributed by atoms with E-state index in [9.17, 15) is 0 Å². The van der Waals surface area contributed by atoms with Crippen LogP contribution >= 0.6 is 0 Å².